The van der Waals surface area contributed by atoms with Gasteiger partial charge in [0.15, 0.2) is 0 Å². The summed E-state index contributed by atoms with van der Waals surface area (Å²) in [6, 6.07) is 0. The molecule has 0 radical (unpaired) electrons. The SMILES string of the molecule is C=C(CCC(COS(=O)(=O)O)C1CCC2C3CC=C4CC(OS(=O)(=O)O)CCC4(C)C3CCC12C)C(C)C. The Hall–Kier alpha value is -0.780. The number of rotatable bonds is 10. The first-order chi connectivity index (χ1) is 17.5. The zero-order valence-electron chi connectivity index (χ0n) is 23.3. The van der Waals surface area contributed by atoms with Gasteiger partial charge in [-0.1, -0.05) is 51.5 Å². The molecule has 38 heavy (non-hydrogen) atoms. The molecule has 3 fully saturated rings. The predicted octanol–water partition coefficient (Wildman–Crippen LogP) is 6.18. The first-order valence-corrected chi connectivity index (χ1v) is 16.9. The fourth-order valence-corrected chi connectivity index (χ4v) is 9.79. The number of hydrogen-bond donors (Lipinski definition) is 2. The predicted molar refractivity (Wildman–Crippen MR) is 146 cm³/mol. The number of allylic oxidation sites excluding steroid dienone is 2. The molecule has 8 unspecified atom stereocenters. The van der Waals surface area contributed by atoms with Gasteiger partial charge in [-0.15, -0.1) is 0 Å². The average molecular weight is 575 g/mol. The fraction of sp³-hybridized carbons (Fsp3) is 0.857. The Morgan fingerprint density at radius 1 is 1.05 bits per heavy atom. The van der Waals surface area contributed by atoms with Crippen LogP contribution >= 0.6 is 0 Å². The van der Waals surface area contributed by atoms with E-state index in [1.165, 1.54) is 5.57 Å². The van der Waals surface area contributed by atoms with Crippen molar-refractivity contribution in [2.24, 2.45) is 46.3 Å². The normalized spacial score (nSPS) is 38.2. The molecule has 4 aliphatic rings. The lowest BCUT2D eigenvalue weighted by atomic mass is 9.47. The van der Waals surface area contributed by atoms with Crippen LogP contribution in [0.1, 0.15) is 91.9 Å². The Morgan fingerprint density at radius 2 is 1.76 bits per heavy atom. The van der Waals surface area contributed by atoms with E-state index >= 15 is 0 Å². The van der Waals surface area contributed by atoms with Crippen LogP contribution in [-0.4, -0.2) is 38.7 Å². The summed E-state index contributed by atoms with van der Waals surface area (Å²) in [4.78, 5) is 0. The van der Waals surface area contributed by atoms with E-state index in [2.05, 4.69) is 40.3 Å². The second-order valence-corrected chi connectivity index (χ2v) is 15.3. The number of fused-ring (bicyclic) bond motifs is 5. The molecule has 10 heteroatoms. The summed E-state index contributed by atoms with van der Waals surface area (Å²) in [7, 11) is -8.97. The zero-order chi connectivity index (χ0) is 28.1. The summed E-state index contributed by atoms with van der Waals surface area (Å²) in [5, 5.41) is 0. The second-order valence-electron chi connectivity index (χ2n) is 13.2. The van der Waals surface area contributed by atoms with Crippen molar-refractivity contribution in [1.82, 2.24) is 0 Å². The van der Waals surface area contributed by atoms with Gasteiger partial charge in [-0.05, 0) is 111 Å². The molecule has 0 aromatic rings. The van der Waals surface area contributed by atoms with Gasteiger partial charge >= 0.3 is 20.8 Å². The molecule has 8 atom stereocenters. The quantitative estimate of drug-likeness (QED) is 0.234. The van der Waals surface area contributed by atoms with Crippen LogP contribution in [0.25, 0.3) is 0 Å². The van der Waals surface area contributed by atoms with Crippen LogP contribution in [0.4, 0.5) is 0 Å². The molecule has 8 nitrogen and oxygen atoms in total. The standard InChI is InChI=1S/C28H46O8S2/c1-18(2)19(3)6-7-20(17-35-37(29,30)31)24-10-11-25-23-9-8-21-16-22(36-38(32,33)34)12-14-27(21,4)26(23)13-15-28(24,25)5/h8,18,20,22-26H,3,6-7,9-17H2,1-2,4-5H3,(H,29,30,31)(H,32,33,34). The molecule has 0 aromatic heterocycles. The molecule has 0 aromatic carbocycles. The molecule has 218 valence electrons. The van der Waals surface area contributed by atoms with Gasteiger partial charge in [-0.25, -0.2) is 8.37 Å². The lowest BCUT2D eigenvalue weighted by Crippen LogP contribution is -2.51. The smallest absolute Gasteiger partial charge is 0.264 e. The van der Waals surface area contributed by atoms with Gasteiger partial charge in [-0.2, -0.15) is 16.8 Å². The highest BCUT2D eigenvalue weighted by molar-refractivity contribution is 7.81. The van der Waals surface area contributed by atoms with Crippen molar-refractivity contribution in [2.45, 2.75) is 98.0 Å². The highest BCUT2D eigenvalue weighted by Gasteiger charge is 2.59. The maximum atomic E-state index is 11.5. The van der Waals surface area contributed by atoms with Crippen molar-refractivity contribution in [3.63, 3.8) is 0 Å². The molecule has 0 spiro atoms. The Kier molecular flexibility index (Phi) is 8.65. The molecule has 0 saturated heterocycles. The molecule has 3 saturated carbocycles. The van der Waals surface area contributed by atoms with Crippen LogP contribution < -0.4 is 0 Å². The van der Waals surface area contributed by atoms with Gasteiger partial charge < -0.3 is 0 Å². The molecule has 0 bridgehead atoms. The van der Waals surface area contributed by atoms with Gasteiger partial charge in [0.1, 0.15) is 0 Å². The minimum atomic E-state index is -4.50. The maximum absolute atomic E-state index is 11.5. The summed E-state index contributed by atoms with van der Waals surface area (Å²) in [5.41, 5.74) is 2.49. The van der Waals surface area contributed by atoms with Crippen LogP contribution in [0.3, 0.4) is 0 Å². The van der Waals surface area contributed by atoms with Gasteiger partial charge in [0.2, 0.25) is 0 Å². The largest absolute Gasteiger partial charge is 0.397 e. The van der Waals surface area contributed by atoms with E-state index < -0.39 is 26.9 Å². The Morgan fingerprint density at radius 3 is 2.39 bits per heavy atom. The number of hydrogen-bond acceptors (Lipinski definition) is 6. The van der Waals surface area contributed by atoms with E-state index in [0.29, 0.717) is 42.4 Å². The van der Waals surface area contributed by atoms with Crippen molar-refractivity contribution in [3.8, 4) is 0 Å². The third-order valence-electron chi connectivity index (χ3n) is 11.0. The summed E-state index contributed by atoms with van der Waals surface area (Å²) in [5.74, 6) is 2.26. The summed E-state index contributed by atoms with van der Waals surface area (Å²) in [6.07, 6.45) is 10.6. The van der Waals surface area contributed by atoms with E-state index in [1.54, 1.807) is 0 Å². The van der Waals surface area contributed by atoms with Crippen LogP contribution in [0.2, 0.25) is 0 Å². The molecule has 0 amide bonds. The van der Waals surface area contributed by atoms with Crippen LogP contribution in [0.5, 0.6) is 0 Å². The first kappa shape index (κ1) is 30.2. The first-order valence-electron chi connectivity index (χ1n) is 14.2. The van der Waals surface area contributed by atoms with Crippen molar-refractivity contribution in [1.29, 1.82) is 0 Å². The minimum Gasteiger partial charge on any atom is -0.264 e. The Balaban J connectivity index is 1.53. The van der Waals surface area contributed by atoms with Gasteiger partial charge in [-0.3, -0.25) is 9.11 Å². The van der Waals surface area contributed by atoms with Crippen molar-refractivity contribution in [2.75, 3.05) is 6.61 Å². The van der Waals surface area contributed by atoms with E-state index in [-0.39, 0.29) is 23.4 Å². The molecule has 4 aliphatic carbocycles. The summed E-state index contributed by atoms with van der Waals surface area (Å²) >= 11 is 0. The van der Waals surface area contributed by atoms with Gasteiger partial charge in [0.05, 0.1) is 12.7 Å². The van der Waals surface area contributed by atoms with Crippen LogP contribution in [0.15, 0.2) is 23.8 Å². The topological polar surface area (TPSA) is 127 Å². The molecule has 4 rings (SSSR count). The average Bonchev–Trinajstić information content (AvgIpc) is 3.14. The van der Waals surface area contributed by atoms with Gasteiger partial charge in [0.25, 0.3) is 0 Å². The molecule has 0 heterocycles. The van der Waals surface area contributed by atoms with Crippen molar-refractivity contribution >= 4 is 20.8 Å². The molecule has 2 N–H and O–H groups in total. The monoisotopic (exact) mass is 574 g/mol. The highest BCUT2D eigenvalue weighted by Crippen LogP contribution is 2.67. The maximum Gasteiger partial charge on any atom is 0.397 e. The van der Waals surface area contributed by atoms with Crippen LogP contribution in [0, 0.1) is 46.3 Å². The van der Waals surface area contributed by atoms with E-state index in [1.807, 2.05) is 0 Å². The van der Waals surface area contributed by atoms with Crippen molar-refractivity contribution < 1.29 is 34.3 Å². The lowest BCUT2D eigenvalue weighted by molar-refractivity contribution is -0.0602. The molecular formula is C28H46O8S2. The van der Waals surface area contributed by atoms with Gasteiger partial charge in [0, 0.05) is 0 Å². The molecular weight excluding hydrogens is 528 g/mol. The molecule has 0 aliphatic heterocycles. The Labute approximate surface area is 229 Å². The third-order valence-corrected chi connectivity index (χ3v) is 12.0. The zero-order valence-corrected chi connectivity index (χ0v) is 24.9. The van der Waals surface area contributed by atoms with E-state index in [4.69, 9.17) is 12.9 Å². The second kappa shape index (κ2) is 10.9. The third kappa shape index (κ3) is 6.25. The van der Waals surface area contributed by atoms with E-state index in [9.17, 15) is 21.4 Å². The lowest BCUT2D eigenvalue weighted by Gasteiger charge is -2.58. The fourth-order valence-electron chi connectivity index (χ4n) is 8.93. The highest BCUT2D eigenvalue weighted by atomic mass is 32.3. The Bertz CT molecular complexity index is 1140. The van der Waals surface area contributed by atoms with Crippen molar-refractivity contribution in [3.05, 3.63) is 23.8 Å². The van der Waals surface area contributed by atoms with E-state index in [0.717, 1.165) is 56.9 Å². The summed E-state index contributed by atoms with van der Waals surface area (Å²) in [6.45, 7) is 13.2. The van der Waals surface area contributed by atoms with Crippen LogP contribution in [-0.2, 0) is 29.2 Å². The summed E-state index contributed by atoms with van der Waals surface area (Å²) < 4.78 is 73.9. The minimum absolute atomic E-state index is 0.00218.